The zero-order valence-electron chi connectivity index (χ0n) is 15.6. The van der Waals surface area contributed by atoms with Crippen molar-refractivity contribution in [3.8, 4) is 0 Å². The van der Waals surface area contributed by atoms with E-state index >= 15 is 0 Å². The molecule has 3 rings (SSSR count). The van der Waals surface area contributed by atoms with E-state index < -0.39 is 0 Å². The number of benzene rings is 2. The van der Waals surface area contributed by atoms with Gasteiger partial charge in [0.1, 0.15) is 0 Å². The second-order valence-electron chi connectivity index (χ2n) is 6.66. The molecule has 0 atom stereocenters. The van der Waals surface area contributed by atoms with Crippen molar-refractivity contribution < 1.29 is 9.59 Å². The van der Waals surface area contributed by atoms with E-state index in [9.17, 15) is 9.59 Å². The largest absolute Gasteiger partial charge is 0.375 e. The van der Waals surface area contributed by atoms with E-state index in [4.69, 9.17) is 0 Å². The Morgan fingerprint density at radius 2 is 1.85 bits per heavy atom. The van der Waals surface area contributed by atoms with Gasteiger partial charge in [-0.1, -0.05) is 30.3 Å². The first kappa shape index (κ1) is 18.8. The van der Waals surface area contributed by atoms with Gasteiger partial charge in [0.25, 0.3) is 0 Å². The van der Waals surface area contributed by atoms with Gasteiger partial charge < -0.3 is 20.4 Å². The number of carbonyl (C=O) groups is 2. The summed E-state index contributed by atoms with van der Waals surface area (Å²) in [4.78, 5) is 28.1. The van der Waals surface area contributed by atoms with Crippen LogP contribution < -0.4 is 20.4 Å². The molecule has 0 aliphatic carbocycles. The van der Waals surface area contributed by atoms with Crippen LogP contribution in [0.15, 0.2) is 54.6 Å². The van der Waals surface area contributed by atoms with Gasteiger partial charge in [-0.15, -0.1) is 0 Å². The van der Waals surface area contributed by atoms with Crippen LogP contribution in [0.3, 0.4) is 0 Å². The van der Waals surface area contributed by atoms with Crippen LogP contribution in [0.4, 0.5) is 21.9 Å². The number of nitrogens with one attached hydrogen (secondary N) is 2. The third kappa shape index (κ3) is 5.00. The molecule has 0 bridgehead atoms. The minimum Gasteiger partial charge on any atom is -0.375 e. The second-order valence-corrected chi connectivity index (χ2v) is 6.66. The summed E-state index contributed by atoms with van der Waals surface area (Å²) in [6, 6.07) is 17.3. The number of hydrogen-bond acceptors (Lipinski definition) is 3. The average molecular weight is 366 g/mol. The number of urea groups is 1. The number of amides is 3. The zero-order chi connectivity index (χ0) is 19.1. The lowest BCUT2D eigenvalue weighted by Gasteiger charge is -2.21. The van der Waals surface area contributed by atoms with E-state index in [1.165, 1.54) is 0 Å². The van der Waals surface area contributed by atoms with E-state index in [-0.39, 0.29) is 11.9 Å². The Kier molecular flexibility index (Phi) is 6.30. The summed E-state index contributed by atoms with van der Waals surface area (Å²) in [7, 11) is 2.04. The summed E-state index contributed by atoms with van der Waals surface area (Å²) < 4.78 is 0. The molecule has 0 spiro atoms. The van der Waals surface area contributed by atoms with E-state index in [0.29, 0.717) is 25.2 Å². The van der Waals surface area contributed by atoms with Crippen LogP contribution in [0.1, 0.15) is 19.3 Å². The van der Waals surface area contributed by atoms with Crippen LogP contribution in [0.25, 0.3) is 0 Å². The lowest BCUT2D eigenvalue weighted by molar-refractivity contribution is -0.117. The molecule has 27 heavy (non-hydrogen) atoms. The van der Waals surface area contributed by atoms with Gasteiger partial charge in [-0.3, -0.25) is 4.79 Å². The van der Waals surface area contributed by atoms with Gasteiger partial charge in [0, 0.05) is 38.8 Å². The minimum atomic E-state index is -0.253. The molecule has 0 aromatic heterocycles. The van der Waals surface area contributed by atoms with Crippen molar-refractivity contribution in [1.82, 2.24) is 5.32 Å². The quantitative estimate of drug-likeness (QED) is 0.738. The molecule has 2 aromatic carbocycles. The van der Waals surface area contributed by atoms with E-state index in [2.05, 4.69) is 27.7 Å². The average Bonchev–Trinajstić information content (AvgIpc) is 3.12. The molecule has 2 N–H and O–H groups in total. The molecular weight excluding hydrogens is 340 g/mol. The standard InChI is InChI=1S/C21H26N4O2/c1-24(17-9-3-2-4-10-17)15-8-14-22-21(27)23-18-11-5-6-12-19(18)25-16-7-13-20(25)26/h2-6,9-12H,7-8,13-16H2,1H3,(H2,22,23,27). The predicted octanol–water partition coefficient (Wildman–Crippen LogP) is 3.46. The van der Waals surface area contributed by atoms with Crippen molar-refractivity contribution in [2.75, 3.05) is 41.8 Å². The summed E-state index contributed by atoms with van der Waals surface area (Å²) in [5, 5.41) is 5.76. The molecule has 1 saturated heterocycles. The fourth-order valence-corrected chi connectivity index (χ4v) is 3.21. The minimum absolute atomic E-state index is 0.105. The highest BCUT2D eigenvalue weighted by atomic mass is 16.2. The van der Waals surface area contributed by atoms with Crippen molar-refractivity contribution in [1.29, 1.82) is 0 Å². The third-order valence-electron chi connectivity index (χ3n) is 4.67. The van der Waals surface area contributed by atoms with Crippen LogP contribution in [-0.2, 0) is 4.79 Å². The van der Waals surface area contributed by atoms with Crippen molar-refractivity contribution in [3.63, 3.8) is 0 Å². The first-order chi connectivity index (χ1) is 13.1. The summed E-state index contributed by atoms with van der Waals surface area (Å²) in [5.74, 6) is 0.105. The van der Waals surface area contributed by atoms with Gasteiger partial charge in [-0.05, 0) is 37.1 Å². The highest BCUT2D eigenvalue weighted by Crippen LogP contribution is 2.29. The lowest BCUT2D eigenvalue weighted by atomic mass is 10.2. The molecule has 2 aromatic rings. The van der Waals surface area contributed by atoms with Gasteiger partial charge in [-0.2, -0.15) is 0 Å². The molecule has 3 amide bonds. The Morgan fingerprint density at radius 3 is 2.59 bits per heavy atom. The maximum absolute atomic E-state index is 12.2. The third-order valence-corrected chi connectivity index (χ3v) is 4.67. The maximum Gasteiger partial charge on any atom is 0.319 e. The Hall–Kier alpha value is -3.02. The van der Waals surface area contributed by atoms with Gasteiger partial charge in [-0.25, -0.2) is 4.79 Å². The van der Waals surface area contributed by atoms with Crippen LogP contribution >= 0.6 is 0 Å². The highest BCUT2D eigenvalue weighted by Gasteiger charge is 2.24. The van der Waals surface area contributed by atoms with Crippen molar-refractivity contribution >= 4 is 29.0 Å². The lowest BCUT2D eigenvalue weighted by Crippen LogP contribution is -2.32. The normalized spacial score (nSPS) is 13.5. The van der Waals surface area contributed by atoms with Gasteiger partial charge in [0.05, 0.1) is 11.4 Å². The smallest absolute Gasteiger partial charge is 0.319 e. The van der Waals surface area contributed by atoms with Crippen LogP contribution in [0.2, 0.25) is 0 Å². The summed E-state index contributed by atoms with van der Waals surface area (Å²) >= 11 is 0. The molecule has 6 nitrogen and oxygen atoms in total. The topological polar surface area (TPSA) is 64.7 Å². The molecular formula is C21H26N4O2. The Labute approximate surface area is 160 Å². The van der Waals surface area contributed by atoms with Crippen molar-refractivity contribution in [2.45, 2.75) is 19.3 Å². The number of hydrogen-bond donors (Lipinski definition) is 2. The first-order valence-corrected chi connectivity index (χ1v) is 9.35. The molecule has 1 heterocycles. The SMILES string of the molecule is CN(CCCNC(=O)Nc1ccccc1N1CCCC1=O)c1ccccc1. The monoisotopic (exact) mass is 366 g/mol. The highest BCUT2D eigenvalue weighted by molar-refractivity contribution is 6.01. The molecule has 0 saturated carbocycles. The Morgan fingerprint density at radius 1 is 1.11 bits per heavy atom. The Balaban J connectivity index is 1.47. The summed E-state index contributed by atoms with van der Waals surface area (Å²) in [5.41, 5.74) is 2.58. The fourth-order valence-electron chi connectivity index (χ4n) is 3.21. The molecule has 0 radical (unpaired) electrons. The predicted molar refractivity (Wildman–Crippen MR) is 109 cm³/mol. The van der Waals surface area contributed by atoms with Gasteiger partial charge in [0.2, 0.25) is 5.91 Å². The number of anilines is 3. The van der Waals surface area contributed by atoms with Gasteiger partial charge in [0.15, 0.2) is 0 Å². The number of carbonyl (C=O) groups excluding carboxylic acids is 2. The van der Waals surface area contributed by atoms with E-state index in [0.717, 1.165) is 30.8 Å². The molecule has 6 heteroatoms. The van der Waals surface area contributed by atoms with Crippen LogP contribution in [-0.4, -0.2) is 38.6 Å². The summed E-state index contributed by atoms with van der Waals surface area (Å²) in [6.45, 7) is 2.13. The Bertz CT molecular complexity index is 779. The number of para-hydroxylation sites is 3. The molecule has 1 aliphatic heterocycles. The molecule has 142 valence electrons. The number of rotatable bonds is 7. The first-order valence-electron chi connectivity index (χ1n) is 9.35. The van der Waals surface area contributed by atoms with E-state index in [1.807, 2.05) is 49.5 Å². The second kappa shape index (κ2) is 9.07. The van der Waals surface area contributed by atoms with E-state index in [1.54, 1.807) is 4.90 Å². The molecule has 0 unspecified atom stereocenters. The number of nitrogens with zero attached hydrogens (tertiary/aromatic N) is 2. The van der Waals surface area contributed by atoms with Gasteiger partial charge >= 0.3 is 6.03 Å². The van der Waals surface area contributed by atoms with Crippen LogP contribution in [0, 0.1) is 0 Å². The van der Waals surface area contributed by atoms with Crippen molar-refractivity contribution in [3.05, 3.63) is 54.6 Å². The fraction of sp³-hybridized carbons (Fsp3) is 0.333. The summed E-state index contributed by atoms with van der Waals surface area (Å²) in [6.07, 6.45) is 2.26. The van der Waals surface area contributed by atoms with Crippen molar-refractivity contribution in [2.24, 2.45) is 0 Å². The maximum atomic E-state index is 12.2. The van der Waals surface area contributed by atoms with Crippen LogP contribution in [0.5, 0.6) is 0 Å². The molecule has 1 fully saturated rings. The zero-order valence-corrected chi connectivity index (χ0v) is 15.6. The molecule has 1 aliphatic rings.